The second kappa shape index (κ2) is 1.97. The fraction of sp³-hybridized carbons (Fsp3) is 0.875. The molecule has 1 spiro atoms. The molecule has 11 heavy (non-hydrogen) atoms. The smallest absolute Gasteiger partial charge is 0.306 e. The van der Waals surface area contributed by atoms with E-state index in [-0.39, 0.29) is 11.3 Å². The number of carboxylic acid groups (broad SMARTS) is 1. The van der Waals surface area contributed by atoms with Crippen LogP contribution in [0.3, 0.4) is 0 Å². The fourth-order valence-corrected chi connectivity index (χ4v) is 2.27. The molecule has 3 nitrogen and oxygen atoms in total. The van der Waals surface area contributed by atoms with Crippen molar-refractivity contribution in [2.24, 2.45) is 17.1 Å². The summed E-state index contributed by atoms with van der Waals surface area (Å²) in [5.74, 6) is -0.746. The van der Waals surface area contributed by atoms with Crippen molar-refractivity contribution in [3.05, 3.63) is 0 Å². The Morgan fingerprint density at radius 1 is 1.55 bits per heavy atom. The van der Waals surface area contributed by atoms with Crippen LogP contribution >= 0.6 is 0 Å². The Kier molecular flexibility index (Phi) is 1.27. The van der Waals surface area contributed by atoms with E-state index in [4.69, 9.17) is 10.8 Å². The number of hydrogen-bond acceptors (Lipinski definition) is 2. The molecule has 3 unspecified atom stereocenters. The molecule has 0 bridgehead atoms. The van der Waals surface area contributed by atoms with Crippen LogP contribution in [-0.2, 0) is 4.79 Å². The molecule has 0 radical (unpaired) electrons. The molecular weight excluding hydrogens is 142 g/mol. The van der Waals surface area contributed by atoms with E-state index in [2.05, 4.69) is 0 Å². The van der Waals surface area contributed by atoms with Gasteiger partial charge in [-0.25, -0.2) is 0 Å². The lowest BCUT2D eigenvalue weighted by Gasteiger charge is -2.04. The first-order chi connectivity index (χ1) is 5.14. The highest BCUT2D eigenvalue weighted by atomic mass is 16.4. The number of aliphatic carboxylic acids is 1. The first-order valence-electron chi connectivity index (χ1n) is 4.12. The lowest BCUT2D eigenvalue weighted by atomic mass is 10.0. The molecule has 0 aromatic rings. The number of rotatable bonds is 1. The van der Waals surface area contributed by atoms with Crippen molar-refractivity contribution in [1.29, 1.82) is 0 Å². The second-order valence-electron chi connectivity index (χ2n) is 3.95. The molecule has 0 saturated heterocycles. The molecular formula is C8H13NO2. The molecule has 2 fully saturated rings. The minimum Gasteiger partial charge on any atom is -0.481 e. The minimum atomic E-state index is -0.638. The highest BCUT2D eigenvalue weighted by Crippen LogP contribution is 2.58. The van der Waals surface area contributed by atoms with Crippen LogP contribution in [-0.4, -0.2) is 17.1 Å². The summed E-state index contributed by atoms with van der Waals surface area (Å²) in [6.45, 7) is 0. The molecule has 0 heterocycles. The summed E-state index contributed by atoms with van der Waals surface area (Å²) in [6.07, 6.45) is 3.74. The monoisotopic (exact) mass is 155 g/mol. The van der Waals surface area contributed by atoms with Gasteiger partial charge in [0.25, 0.3) is 0 Å². The van der Waals surface area contributed by atoms with Crippen LogP contribution in [0, 0.1) is 11.3 Å². The van der Waals surface area contributed by atoms with Crippen molar-refractivity contribution in [2.75, 3.05) is 0 Å². The molecule has 3 N–H and O–H groups in total. The maximum absolute atomic E-state index is 10.6. The zero-order chi connectivity index (χ0) is 8.06. The van der Waals surface area contributed by atoms with Crippen LogP contribution < -0.4 is 5.73 Å². The predicted octanol–water partition coefficient (Wildman–Crippen LogP) is 0.588. The van der Waals surface area contributed by atoms with Crippen molar-refractivity contribution in [2.45, 2.75) is 31.7 Å². The highest BCUT2D eigenvalue weighted by molar-refractivity contribution is 5.70. The van der Waals surface area contributed by atoms with Crippen molar-refractivity contribution < 1.29 is 9.90 Å². The van der Waals surface area contributed by atoms with Gasteiger partial charge in [-0.1, -0.05) is 0 Å². The highest BCUT2D eigenvalue weighted by Gasteiger charge is 2.56. The first kappa shape index (κ1) is 7.10. The molecule has 0 aliphatic heterocycles. The summed E-state index contributed by atoms with van der Waals surface area (Å²) >= 11 is 0. The van der Waals surface area contributed by atoms with Crippen LogP contribution in [0.15, 0.2) is 0 Å². The fourth-order valence-electron chi connectivity index (χ4n) is 2.27. The lowest BCUT2D eigenvalue weighted by Crippen LogP contribution is -2.13. The molecule has 3 heteroatoms. The molecule has 0 aromatic carbocycles. The lowest BCUT2D eigenvalue weighted by molar-refractivity contribution is -0.141. The number of nitrogens with two attached hydrogens (primary N) is 1. The van der Waals surface area contributed by atoms with Gasteiger partial charge in [0.2, 0.25) is 0 Å². The maximum atomic E-state index is 10.6. The Hall–Kier alpha value is -0.570. The van der Waals surface area contributed by atoms with E-state index in [1.165, 1.54) is 0 Å². The largest absolute Gasteiger partial charge is 0.481 e. The number of carboxylic acids is 1. The normalized spacial score (nSPS) is 48.1. The van der Waals surface area contributed by atoms with Gasteiger partial charge in [-0.15, -0.1) is 0 Å². The van der Waals surface area contributed by atoms with Crippen molar-refractivity contribution in [1.82, 2.24) is 0 Å². The first-order valence-corrected chi connectivity index (χ1v) is 4.12. The summed E-state index contributed by atoms with van der Waals surface area (Å²) in [5.41, 5.74) is 5.98. The maximum Gasteiger partial charge on any atom is 0.306 e. The molecule has 2 aliphatic rings. The average molecular weight is 155 g/mol. The van der Waals surface area contributed by atoms with E-state index in [1.807, 2.05) is 0 Å². The van der Waals surface area contributed by atoms with Gasteiger partial charge < -0.3 is 10.8 Å². The predicted molar refractivity (Wildman–Crippen MR) is 40.0 cm³/mol. The quantitative estimate of drug-likeness (QED) is 0.582. The summed E-state index contributed by atoms with van der Waals surface area (Å²) in [7, 11) is 0. The molecule has 2 aliphatic carbocycles. The van der Waals surface area contributed by atoms with Gasteiger partial charge in [-0.3, -0.25) is 4.79 Å². The molecule has 2 saturated carbocycles. The van der Waals surface area contributed by atoms with E-state index in [0.29, 0.717) is 6.04 Å². The van der Waals surface area contributed by atoms with Gasteiger partial charge >= 0.3 is 5.97 Å². The Bertz CT molecular complexity index is 204. The third kappa shape index (κ3) is 0.948. The molecule has 3 atom stereocenters. The zero-order valence-corrected chi connectivity index (χ0v) is 6.42. The topological polar surface area (TPSA) is 63.3 Å². The van der Waals surface area contributed by atoms with Crippen molar-refractivity contribution in [3.8, 4) is 0 Å². The summed E-state index contributed by atoms with van der Waals surface area (Å²) in [4.78, 5) is 10.6. The zero-order valence-electron chi connectivity index (χ0n) is 6.42. The van der Waals surface area contributed by atoms with Gasteiger partial charge in [0.1, 0.15) is 0 Å². The average Bonchev–Trinajstić information content (AvgIpc) is 2.44. The van der Waals surface area contributed by atoms with Crippen LogP contribution in [0.1, 0.15) is 25.7 Å². The van der Waals surface area contributed by atoms with Crippen LogP contribution in [0.25, 0.3) is 0 Å². The molecule has 0 amide bonds. The molecule has 0 aromatic heterocycles. The molecule has 2 rings (SSSR count). The minimum absolute atomic E-state index is 0.108. The van der Waals surface area contributed by atoms with E-state index >= 15 is 0 Å². The van der Waals surface area contributed by atoms with Gasteiger partial charge in [0.05, 0.1) is 5.92 Å². The number of hydrogen-bond donors (Lipinski definition) is 2. The Morgan fingerprint density at radius 2 is 2.18 bits per heavy atom. The van der Waals surface area contributed by atoms with Crippen LogP contribution in [0.2, 0.25) is 0 Å². The SMILES string of the molecule is NC1CC12CCC(C(=O)O)C2. The molecule has 62 valence electrons. The van der Waals surface area contributed by atoms with Gasteiger partial charge in [-0.2, -0.15) is 0 Å². The standard InChI is InChI=1S/C8H13NO2/c9-6-4-8(6)2-1-5(3-8)7(10)11/h5-6H,1-4,9H2,(H,10,11). The third-order valence-electron chi connectivity index (χ3n) is 3.25. The van der Waals surface area contributed by atoms with Crippen molar-refractivity contribution in [3.63, 3.8) is 0 Å². The second-order valence-corrected chi connectivity index (χ2v) is 3.95. The summed E-state index contributed by atoms with van der Waals surface area (Å²) < 4.78 is 0. The van der Waals surface area contributed by atoms with Crippen molar-refractivity contribution >= 4 is 5.97 Å². The summed E-state index contributed by atoms with van der Waals surface area (Å²) in [5, 5.41) is 8.72. The Balaban J connectivity index is 2.00. The van der Waals surface area contributed by atoms with Gasteiger partial charge in [-0.05, 0) is 31.1 Å². The summed E-state index contributed by atoms with van der Waals surface area (Å²) in [6, 6.07) is 0.298. The van der Waals surface area contributed by atoms with E-state index in [9.17, 15) is 4.79 Å². The van der Waals surface area contributed by atoms with Gasteiger partial charge in [0, 0.05) is 6.04 Å². The van der Waals surface area contributed by atoms with Crippen LogP contribution in [0.4, 0.5) is 0 Å². The van der Waals surface area contributed by atoms with E-state index in [1.54, 1.807) is 0 Å². The third-order valence-corrected chi connectivity index (χ3v) is 3.25. The van der Waals surface area contributed by atoms with Crippen LogP contribution in [0.5, 0.6) is 0 Å². The number of carbonyl (C=O) groups is 1. The van der Waals surface area contributed by atoms with E-state index < -0.39 is 5.97 Å². The Labute approximate surface area is 65.6 Å². The Morgan fingerprint density at radius 3 is 2.45 bits per heavy atom. The van der Waals surface area contributed by atoms with E-state index in [0.717, 1.165) is 25.7 Å². The van der Waals surface area contributed by atoms with Gasteiger partial charge in [0.15, 0.2) is 0 Å².